The number of hydrogen-bond donors (Lipinski definition) is 0. The highest BCUT2D eigenvalue weighted by molar-refractivity contribution is 5.63. The Bertz CT molecular complexity index is 704. The van der Waals surface area contributed by atoms with Gasteiger partial charge in [-0.05, 0) is 12.1 Å². The van der Waals surface area contributed by atoms with Gasteiger partial charge in [-0.2, -0.15) is 0 Å². The van der Waals surface area contributed by atoms with Crippen molar-refractivity contribution in [1.29, 1.82) is 0 Å². The van der Waals surface area contributed by atoms with E-state index in [9.17, 15) is 0 Å². The average molecular weight is 276 g/mol. The molecule has 0 fully saturated rings. The molecule has 1 aromatic heterocycles. The minimum atomic E-state index is 0.643. The van der Waals surface area contributed by atoms with E-state index in [0.717, 1.165) is 22.5 Å². The summed E-state index contributed by atoms with van der Waals surface area (Å²) in [6.07, 6.45) is 1.76. The van der Waals surface area contributed by atoms with Gasteiger partial charge in [0.1, 0.15) is 5.69 Å². The van der Waals surface area contributed by atoms with Crippen molar-refractivity contribution in [1.82, 2.24) is 15.2 Å². The van der Waals surface area contributed by atoms with E-state index in [1.807, 2.05) is 56.6 Å². The summed E-state index contributed by atoms with van der Waals surface area (Å²) in [7, 11) is 4.04. The smallest absolute Gasteiger partial charge is 0.181 e. The van der Waals surface area contributed by atoms with Crippen LogP contribution in [-0.2, 0) is 0 Å². The fourth-order valence-corrected chi connectivity index (χ4v) is 2.06. The zero-order valence-corrected chi connectivity index (χ0v) is 12.1. The second kappa shape index (κ2) is 5.71. The topological polar surface area (TPSA) is 41.9 Å². The van der Waals surface area contributed by atoms with Crippen LogP contribution in [0, 0.1) is 0 Å². The van der Waals surface area contributed by atoms with Gasteiger partial charge >= 0.3 is 0 Å². The molecule has 0 amide bonds. The third-order valence-corrected chi connectivity index (χ3v) is 3.27. The van der Waals surface area contributed by atoms with E-state index < -0.39 is 0 Å². The van der Waals surface area contributed by atoms with Gasteiger partial charge in [-0.15, -0.1) is 10.2 Å². The van der Waals surface area contributed by atoms with Crippen LogP contribution in [-0.4, -0.2) is 29.3 Å². The molecule has 0 N–H and O–H groups in total. The van der Waals surface area contributed by atoms with E-state index in [1.54, 1.807) is 6.20 Å². The Morgan fingerprint density at radius 2 is 1.48 bits per heavy atom. The van der Waals surface area contributed by atoms with Crippen LogP contribution in [0.15, 0.2) is 60.8 Å². The molecular formula is C17H16N4. The van der Waals surface area contributed by atoms with Crippen molar-refractivity contribution in [3.63, 3.8) is 0 Å². The minimum absolute atomic E-state index is 0.643. The van der Waals surface area contributed by atoms with E-state index in [-0.39, 0.29) is 0 Å². The van der Waals surface area contributed by atoms with E-state index in [4.69, 9.17) is 0 Å². The first-order chi connectivity index (χ1) is 10.2. The number of aromatic nitrogens is 3. The molecule has 21 heavy (non-hydrogen) atoms. The monoisotopic (exact) mass is 276 g/mol. The molecule has 2 aromatic carbocycles. The SMILES string of the molecule is CN(C)c1ccc(-c2cnc(-c3ccccc3)nn2)cc1. The van der Waals surface area contributed by atoms with Gasteiger partial charge in [0.15, 0.2) is 5.82 Å². The zero-order chi connectivity index (χ0) is 14.7. The van der Waals surface area contributed by atoms with Crippen LogP contribution in [0.1, 0.15) is 0 Å². The molecule has 0 spiro atoms. The standard InChI is InChI=1S/C17H16N4/c1-21(2)15-10-8-13(9-11-15)16-12-18-17(20-19-16)14-6-4-3-5-7-14/h3-12H,1-2H3. The Morgan fingerprint density at radius 3 is 2.05 bits per heavy atom. The number of anilines is 1. The molecule has 0 unspecified atom stereocenters. The third kappa shape index (κ3) is 2.89. The number of nitrogens with zero attached hydrogens (tertiary/aromatic N) is 4. The first-order valence-electron chi connectivity index (χ1n) is 6.77. The van der Waals surface area contributed by atoms with Gasteiger partial charge < -0.3 is 4.90 Å². The Balaban J connectivity index is 1.87. The predicted molar refractivity (Wildman–Crippen MR) is 85.0 cm³/mol. The molecule has 4 nitrogen and oxygen atoms in total. The van der Waals surface area contributed by atoms with Crippen LogP contribution in [0.3, 0.4) is 0 Å². The van der Waals surface area contributed by atoms with Gasteiger partial charge in [0.2, 0.25) is 0 Å². The van der Waals surface area contributed by atoms with Crippen molar-refractivity contribution >= 4 is 5.69 Å². The molecule has 0 aliphatic rings. The van der Waals surface area contributed by atoms with E-state index in [1.165, 1.54) is 0 Å². The summed E-state index contributed by atoms with van der Waals surface area (Å²) in [5, 5.41) is 8.49. The lowest BCUT2D eigenvalue weighted by molar-refractivity contribution is 0.987. The Kier molecular flexibility index (Phi) is 3.60. The van der Waals surface area contributed by atoms with E-state index in [0.29, 0.717) is 5.82 Å². The first-order valence-corrected chi connectivity index (χ1v) is 6.77. The van der Waals surface area contributed by atoms with E-state index >= 15 is 0 Å². The molecular weight excluding hydrogens is 260 g/mol. The summed E-state index contributed by atoms with van der Waals surface area (Å²) in [4.78, 5) is 6.46. The number of hydrogen-bond acceptors (Lipinski definition) is 4. The molecule has 104 valence electrons. The molecule has 0 aliphatic heterocycles. The lowest BCUT2D eigenvalue weighted by atomic mass is 10.1. The molecule has 0 saturated heterocycles. The largest absolute Gasteiger partial charge is 0.378 e. The molecule has 1 heterocycles. The molecule has 3 aromatic rings. The molecule has 3 rings (SSSR count). The highest BCUT2D eigenvalue weighted by Gasteiger charge is 2.04. The second-order valence-electron chi connectivity index (χ2n) is 4.97. The Labute approximate surface area is 124 Å². The maximum atomic E-state index is 4.40. The zero-order valence-electron chi connectivity index (χ0n) is 12.1. The predicted octanol–water partition coefficient (Wildman–Crippen LogP) is 3.27. The Morgan fingerprint density at radius 1 is 0.762 bits per heavy atom. The van der Waals surface area contributed by atoms with E-state index in [2.05, 4.69) is 32.2 Å². The van der Waals surface area contributed by atoms with Gasteiger partial charge in [-0.1, -0.05) is 42.5 Å². The molecule has 0 radical (unpaired) electrons. The normalized spacial score (nSPS) is 10.4. The van der Waals surface area contributed by atoms with Gasteiger partial charge in [0, 0.05) is 30.9 Å². The van der Waals surface area contributed by atoms with Crippen molar-refractivity contribution in [3.8, 4) is 22.6 Å². The quantitative estimate of drug-likeness (QED) is 0.736. The lowest BCUT2D eigenvalue weighted by Crippen LogP contribution is -2.08. The van der Waals surface area contributed by atoms with Crippen LogP contribution in [0.2, 0.25) is 0 Å². The van der Waals surface area contributed by atoms with Crippen molar-refractivity contribution in [3.05, 3.63) is 60.8 Å². The number of rotatable bonds is 3. The van der Waals surface area contributed by atoms with Crippen LogP contribution in [0.25, 0.3) is 22.6 Å². The van der Waals surface area contributed by atoms with Crippen molar-refractivity contribution < 1.29 is 0 Å². The second-order valence-corrected chi connectivity index (χ2v) is 4.97. The van der Waals surface area contributed by atoms with Crippen LogP contribution in [0.4, 0.5) is 5.69 Å². The van der Waals surface area contributed by atoms with Gasteiger partial charge in [-0.3, -0.25) is 0 Å². The summed E-state index contributed by atoms with van der Waals surface area (Å²) < 4.78 is 0. The highest BCUT2D eigenvalue weighted by atomic mass is 15.2. The minimum Gasteiger partial charge on any atom is -0.378 e. The summed E-state index contributed by atoms with van der Waals surface area (Å²) >= 11 is 0. The number of benzene rings is 2. The third-order valence-electron chi connectivity index (χ3n) is 3.27. The summed E-state index contributed by atoms with van der Waals surface area (Å²) in [6.45, 7) is 0. The lowest BCUT2D eigenvalue weighted by Gasteiger charge is -2.12. The summed E-state index contributed by atoms with van der Waals surface area (Å²) in [5.41, 5.74) is 3.92. The fourth-order valence-electron chi connectivity index (χ4n) is 2.06. The fraction of sp³-hybridized carbons (Fsp3) is 0.118. The molecule has 0 bridgehead atoms. The maximum absolute atomic E-state index is 4.40. The van der Waals surface area contributed by atoms with Crippen molar-refractivity contribution in [2.75, 3.05) is 19.0 Å². The highest BCUT2D eigenvalue weighted by Crippen LogP contribution is 2.21. The first kappa shape index (κ1) is 13.2. The van der Waals surface area contributed by atoms with Crippen molar-refractivity contribution in [2.45, 2.75) is 0 Å². The van der Waals surface area contributed by atoms with Gasteiger partial charge in [0.25, 0.3) is 0 Å². The summed E-state index contributed by atoms with van der Waals surface area (Å²) in [6, 6.07) is 18.0. The van der Waals surface area contributed by atoms with Crippen molar-refractivity contribution in [2.24, 2.45) is 0 Å². The molecule has 0 atom stereocenters. The molecule has 0 saturated carbocycles. The Hall–Kier alpha value is -2.75. The maximum Gasteiger partial charge on any atom is 0.181 e. The van der Waals surface area contributed by atoms with Gasteiger partial charge in [-0.25, -0.2) is 4.98 Å². The summed E-state index contributed by atoms with van der Waals surface area (Å²) in [5.74, 6) is 0.643. The van der Waals surface area contributed by atoms with Crippen LogP contribution in [0.5, 0.6) is 0 Å². The average Bonchev–Trinajstić information content (AvgIpc) is 2.56. The molecule has 0 aliphatic carbocycles. The van der Waals surface area contributed by atoms with Gasteiger partial charge in [0.05, 0.1) is 6.20 Å². The van der Waals surface area contributed by atoms with Crippen LogP contribution >= 0.6 is 0 Å². The van der Waals surface area contributed by atoms with Crippen LogP contribution < -0.4 is 4.90 Å². The molecule has 4 heteroatoms.